The van der Waals surface area contributed by atoms with Crippen LogP contribution in [-0.2, 0) is 12.8 Å². The molecule has 0 amide bonds. The first-order valence-corrected chi connectivity index (χ1v) is 6.20. The van der Waals surface area contributed by atoms with Gasteiger partial charge in [-0.25, -0.2) is 0 Å². The summed E-state index contributed by atoms with van der Waals surface area (Å²) in [6, 6.07) is 15.4. The van der Waals surface area contributed by atoms with Crippen molar-refractivity contribution in [1.29, 1.82) is 0 Å². The van der Waals surface area contributed by atoms with Gasteiger partial charge in [-0.1, -0.05) is 54.6 Å². The number of benzene rings is 2. The fraction of sp³-hybridized carbons (Fsp3) is 0.176. The first-order chi connectivity index (χ1) is 8.40. The highest BCUT2D eigenvalue weighted by molar-refractivity contribution is 5.77. The molecule has 0 fully saturated rings. The Labute approximate surface area is 103 Å². The van der Waals surface area contributed by atoms with Crippen LogP contribution in [-0.4, -0.2) is 0 Å². The van der Waals surface area contributed by atoms with Crippen LogP contribution < -0.4 is 0 Å². The van der Waals surface area contributed by atoms with Gasteiger partial charge < -0.3 is 0 Å². The summed E-state index contributed by atoms with van der Waals surface area (Å²) < 4.78 is 0. The number of rotatable bonds is 2. The Hall–Kier alpha value is -1.82. The fourth-order valence-electron chi connectivity index (χ4n) is 2.66. The monoisotopic (exact) mass is 220 g/mol. The van der Waals surface area contributed by atoms with Gasteiger partial charge in [0.25, 0.3) is 0 Å². The highest BCUT2D eigenvalue weighted by Gasteiger charge is 2.19. The third-order valence-corrected chi connectivity index (χ3v) is 3.52. The fourth-order valence-corrected chi connectivity index (χ4v) is 2.66. The van der Waals surface area contributed by atoms with Crippen LogP contribution in [0.4, 0.5) is 0 Å². The van der Waals surface area contributed by atoms with Crippen molar-refractivity contribution in [2.24, 2.45) is 0 Å². The summed E-state index contributed by atoms with van der Waals surface area (Å²) >= 11 is 0. The molecule has 0 saturated heterocycles. The molecule has 0 aromatic heterocycles. The molecule has 84 valence electrons. The average molecular weight is 220 g/mol. The summed E-state index contributed by atoms with van der Waals surface area (Å²) in [7, 11) is 0. The van der Waals surface area contributed by atoms with E-state index in [1.54, 1.807) is 0 Å². The van der Waals surface area contributed by atoms with Crippen LogP contribution in [0.3, 0.4) is 0 Å². The van der Waals surface area contributed by atoms with Gasteiger partial charge in [-0.05, 0) is 47.6 Å². The van der Waals surface area contributed by atoms with Crippen LogP contribution in [0.5, 0.6) is 0 Å². The molecule has 0 nitrogen and oxygen atoms in total. The maximum Gasteiger partial charge on any atom is -0.00106 e. The lowest BCUT2D eigenvalue weighted by Crippen LogP contribution is -1.90. The van der Waals surface area contributed by atoms with Crippen molar-refractivity contribution in [2.75, 3.05) is 0 Å². The Morgan fingerprint density at radius 2 is 1.82 bits per heavy atom. The summed E-state index contributed by atoms with van der Waals surface area (Å²) in [4.78, 5) is 0. The maximum absolute atomic E-state index is 2.25. The lowest BCUT2D eigenvalue weighted by molar-refractivity contribution is 1.15. The second kappa shape index (κ2) is 4.21. The van der Waals surface area contributed by atoms with E-state index in [9.17, 15) is 0 Å². The van der Waals surface area contributed by atoms with Crippen molar-refractivity contribution in [2.45, 2.75) is 19.8 Å². The van der Waals surface area contributed by atoms with E-state index in [1.165, 1.54) is 27.8 Å². The molecule has 0 unspecified atom stereocenters. The van der Waals surface area contributed by atoms with Crippen LogP contribution >= 0.6 is 0 Å². The zero-order valence-electron chi connectivity index (χ0n) is 10.1. The Balaban J connectivity index is 2.10. The molecule has 1 aliphatic rings. The molecule has 0 spiro atoms. The van der Waals surface area contributed by atoms with Crippen LogP contribution in [0.2, 0.25) is 0 Å². The second-order valence-corrected chi connectivity index (χ2v) is 4.55. The number of hydrogen-bond donors (Lipinski definition) is 0. The minimum absolute atomic E-state index is 1.05. The maximum atomic E-state index is 2.25. The van der Waals surface area contributed by atoms with Gasteiger partial charge in [-0.3, -0.25) is 0 Å². The van der Waals surface area contributed by atoms with E-state index in [4.69, 9.17) is 0 Å². The highest BCUT2D eigenvalue weighted by atomic mass is 14.2. The van der Waals surface area contributed by atoms with Crippen LogP contribution in [0.1, 0.15) is 23.6 Å². The first kappa shape index (κ1) is 10.3. The van der Waals surface area contributed by atoms with Crippen LogP contribution in [0.25, 0.3) is 11.1 Å². The highest BCUT2D eigenvalue weighted by Crippen LogP contribution is 2.38. The van der Waals surface area contributed by atoms with E-state index in [2.05, 4.69) is 61.5 Å². The molecule has 17 heavy (non-hydrogen) atoms. The standard InChI is InChI=1S/C17H16/c1-2-3-7-13-9-6-11-16-15-10-5-4-8-14(15)12-17(13)16/h2-6,8-11H,7,12H2,1H3/b3-2+. The van der Waals surface area contributed by atoms with E-state index in [0.29, 0.717) is 0 Å². The number of hydrogen-bond acceptors (Lipinski definition) is 0. The number of fused-ring (bicyclic) bond motifs is 3. The van der Waals surface area contributed by atoms with Gasteiger partial charge in [0.15, 0.2) is 0 Å². The van der Waals surface area contributed by atoms with Crippen molar-refractivity contribution in [3.63, 3.8) is 0 Å². The molecule has 0 aliphatic heterocycles. The minimum Gasteiger partial charge on any atom is -0.0913 e. The number of allylic oxidation sites excluding steroid dienone is 2. The van der Waals surface area contributed by atoms with Gasteiger partial charge in [0.05, 0.1) is 0 Å². The third kappa shape index (κ3) is 1.70. The molecular weight excluding hydrogens is 204 g/mol. The largest absolute Gasteiger partial charge is 0.0913 e. The van der Waals surface area contributed by atoms with Crippen molar-refractivity contribution >= 4 is 0 Å². The summed E-state index contributed by atoms with van der Waals surface area (Å²) in [5.41, 5.74) is 7.31. The molecule has 0 heteroatoms. The van der Waals surface area contributed by atoms with Gasteiger partial charge in [-0.15, -0.1) is 0 Å². The lowest BCUT2D eigenvalue weighted by atomic mass is 9.99. The predicted molar refractivity (Wildman–Crippen MR) is 73.2 cm³/mol. The third-order valence-electron chi connectivity index (χ3n) is 3.52. The summed E-state index contributed by atoms with van der Waals surface area (Å²) in [5.74, 6) is 0. The molecule has 2 aromatic carbocycles. The molecule has 0 bridgehead atoms. The lowest BCUT2D eigenvalue weighted by Gasteiger charge is -2.05. The van der Waals surface area contributed by atoms with Crippen molar-refractivity contribution in [3.8, 4) is 11.1 Å². The van der Waals surface area contributed by atoms with Gasteiger partial charge >= 0.3 is 0 Å². The summed E-state index contributed by atoms with van der Waals surface area (Å²) in [5, 5.41) is 0. The quantitative estimate of drug-likeness (QED) is 0.562. The van der Waals surface area contributed by atoms with Gasteiger partial charge in [-0.2, -0.15) is 0 Å². The van der Waals surface area contributed by atoms with E-state index < -0.39 is 0 Å². The summed E-state index contributed by atoms with van der Waals surface area (Å²) in [6.45, 7) is 2.08. The van der Waals surface area contributed by atoms with Gasteiger partial charge in [0, 0.05) is 0 Å². The Kier molecular flexibility index (Phi) is 2.56. The molecule has 1 aliphatic carbocycles. The van der Waals surface area contributed by atoms with Crippen molar-refractivity contribution < 1.29 is 0 Å². The van der Waals surface area contributed by atoms with Gasteiger partial charge in [0.1, 0.15) is 0 Å². The van der Waals surface area contributed by atoms with E-state index in [-0.39, 0.29) is 0 Å². The predicted octanol–water partition coefficient (Wildman–Crippen LogP) is 4.38. The zero-order chi connectivity index (χ0) is 11.7. The Morgan fingerprint density at radius 1 is 1.00 bits per heavy atom. The van der Waals surface area contributed by atoms with E-state index in [1.807, 2.05) is 0 Å². The molecule has 2 aromatic rings. The van der Waals surface area contributed by atoms with Crippen LogP contribution in [0, 0.1) is 0 Å². The zero-order valence-corrected chi connectivity index (χ0v) is 10.1. The second-order valence-electron chi connectivity index (χ2n) is 4.55. The van der Waals surface area contributed by atoms with E-state index >= 15 is 0 Å². The summed E-state index contributed by atoms with van der Waals surface area (Å²) in [6.07, 6.45) is 6.51. The molecular formula is C17H16. The molecule has 0 radical (unpaired) electrons. The SMILES string of the molecule is C/C=C/Cc1cccc2c1Cc1ccccc1-2. The van der Waals surface area contributed by atoms with Crippen molar-refractivity contribution in [1.82, 2.24) is 0 Å². The smallest absolute Gasteiger partial charge is 0.00106 e. The Bertz CT molecular complexity index is 576. The topological polar surface area (TPSA) is 0 Å². The first-order valence-electron chi connectivity index (χ1n) is 6.20. The van der Waals surface area contributed by atoms with Crippen molar-refractivity contribution in [3.05, 3.63) is 71.3 Å². The van der Waals surface area contributed by atoms with Crippen LogP contribution in [0.15, 0.2) is 54.6 Å². The molecule has 0 saturated carbocycles. The normalized spacial score (nSPS) is 12.8. The molecule has 0 N–H and O–H groups in total. The Morgan fingerprint density at radius 3 is 2.71 bits per heavy atom. The van der Waals surface area contributed by atoms with E-state index in [0.717, 1.165) is 12.8 Å². The van der Waals surface area contributed by atoms with Gasteiger partial charge in [0.2, 0.25) is 0 Å². The molecule has 0 heterocycles. The molecule has 3 rings (SSSR count). The molecule has 0 atom stereocenters. The average Bonchev–Trinajstić information content (AvgIpc) is 2.75. The minimum atomic E-state index is 1.05.